The Morgan fingerprint density at radius 1 is 1.00 bits per heavy atom. The first-order chi connectivity index (χ1) is 5.57. The highest BCUT2D eigenvalue weighted by molar-refractivity contribution is 5.51. The first-order valence-corrected chi connectivity index (χ1v) is 4.20. The molecule has 2 nitrogen and oxygen atoms in total. The second kappa shape index (κ2) is 3.13. The van der Waals surface area contributed by atoms with Crippen molar-refractivity contribution >= 4 is 5.82 Å². The highest BCUT2D eigenvalue weighted by Crippen LogP contribution is 2.20. The van der Waals surface area contributed by atoms with Crippen molar-refractivity contribution in [3.8, 4) is 0 Å². The zero-order valence-electron chi connectivity index (χ0n) is 8.45. The Balaban J connectivity index is 0.00000144. The Morgan fingerprint density at radius 2 is 1.58 bits per heavy atom. The van der Waals surface area contributed by atoms with Gasteiger partial charge < -0.3 is 5.32 Å². The lowest BCUT2D eigenvalue weighted by Crippen LogP contribution is -2.02. The smallest absolute Gasteiger partial charge is 0.129 e. The van der Waals surface area contributed by atoms with Gasteiger partial charge in [-0.25, -0.2) is 4.98 Å². The van der Waals surface area contributed by atoms with Gasteiger partial charge in [0.15, 0.2) is 0 Å². The fraction of sp³-hybridized carbons (Fsp3) is 0.500. The maximum atomic E-state index is 4.44. The summed E-state index contributed by atoms with van der Waals surface area (Å²) in [6, 6.07) is 0. The molecule has 1 heterocycles. The van der Waals surface area contributed by atoms with E-state index in [2.05, 4.69) is 31.1 Å². The third kappa shape index (κ3) is 1.29. The summed E-state index contributed by atoms with van der Waals surface area (Å²) in [5.74, 6) is 0.996. The maximum absolute atomic E-state index is 4.44. The molecule has 0 fully saturated rings. The van der Waals surface area contributed by atoms with Gasteiger partial charge in [-0.05, 0) is 44.4 Å². The molecule has 0 aromatic carbocycles. The van der Waals surface area contributed by atoms with E-state index in [1.807, 2.05) is 14.0 Å². The lowest BCUT2D eigenvalue weighted by atomic mass is 10.0. The van der Waals surface area contributed by atoms with Gasteiger partial charge in [-0.1, -0.05) is 0 Å². The molecule has 68 valence electrons. The molecule has 0 atom stereocenters. The van der Waals surface area contributed by atoms with E-state index in [-0.39, 0.29) is 1.43 Å². The maximum Gasteiger partial charge on any atom is 0.129 e. The van der Waals surface area contributed by atoms with Crippen molar-refractivity contribution in [2.75, 3.05) is 12.4 Å². The van der Waals surface area contributed by atoms with Gasteiger partial charge in [-0.2, -0.15) is 0 Å². The molecule has 0 unspecified atom stereocenters. The molecule has 12 heavy (non-hydrogen) atoms. The molecule has 2 heteroatoms. The Labute approximate surface area is 75.5 Å². The van der Waals surface area contributed by atoms with Crippen LogP contribution in [0.25, 0.3) is 0 Å². The van der Waals surface area contributed by atoms with Gasteiger partial charge in [0.25, 0.3) is 0 Å². The summed E-state index contributed by atoms with van der Waals surface area (Å²) in [4.78, 5) is 4.44. The van der Waals surface area contributed by atoms with Crippen LogP contribution in [0.5, 0.6) is 0 Å². The predicted molar refractivity (Wildman–Crippen MR) is 54.8 cm³/mol. The van der Waals surface area contributed by atoms with Gasteiger partial charge in [0.2, 0.25) is 0 Å². The minimum Gasteiger partial charge on any atom is -0.373 e. The highest BCUT2D eigenvalue weighted by atomic mass is 15.0. The average Bonchev–Trinajstić information content (AvgIpc) is 2.08. The van der Waals surface area contributed by atoms with E-state index in [1.54, 1.807) is 0 Å². The normalized spacial score (nSPS) is 10.1. The van der Waals surface area contributed by atoms with E-state index in [0.717, 1.165) is 11.5 Å². The molecule has 0 bridgehead atoms. The van der Waals surface area contributed by atoms with Crippen LogP contribution in [-0.2, 0) is 0 Å². The molecule has 1 N–H and O–H groups in total. The zero-order valence-corrected chi connectivity index (χ0v) is 8.45. The summed E-state index contributed by atoms with van der Waals surface area (Å²) < 4.78 is 0. The van der Waals surface area contributed by atoms with Crippen LogP contribution in [-0.4, -0.2) is 12.0 Å². The fourth-order valence-electron chi connectivity index (χ4n) is 1.31. The molecule has 0 aliphatic heterocycles. The Kier molecular flexibility index (Phi) is 2.36. The van der Waals surface area contributed by atoms with Gasteiger partial charge >= 0.3 is 0 Å². The van der Waals surface area contributed by atoms with Gasteiger partial charge in [-0.15, -0.1) is 0 Å². The minimum atomic E-state index is 0. The van der Waals surface area contributed by atoms with E-state index in [4.69, 9.17) is 0 Å². The monoisotopic (exact) mass is 167 g/mol. The van der Waals surface area contributed by atoms with E-state index in [9.17, 15) is 0 Å². The number of aromatic nitrogens is 1. The molecule has 0 radical (unpaired) electrons. The molecule has 1 aromatic rings. The van der Waals surface area contributed by atoms with Crippen molar-refractivity contribution in [3.05, 3.63) is 22.4 Å². The fourth-order valence-corrected chi connectivity index (χ4v) is 1.31. The molecule has 0 spiro atoms. The van der Waals surface area contributed by atoms with Crippen LogP contribution in [0.3, 0.4) is 0 Å². The molecule has 0 aliphatic carbocycles. The molecule has 1 aromatic heterocycles. The third-order valence-corrected chi connectivity index (χ3v) is 2.54. The number of hydrogen-bond acceptors (Lipinski definition) is 2. The Hall–Kier alpha value is -1.05. The Bertz CT molecular complexity index is 308. The average molecular weight is 167 g/mol. The van der Waals surface area contributed by atoms with E-state index in [0.29, 0.717) is 0 Å². The lowest BCUT2D eigenvalue weighted by molar-refractivity contribution is 1.08. The molecule has 0 amide bonds. The number of hydrogen-bond donors (Lipinski definition) is 1. The lowest BCUT2D eigenvalue weighted by Gasteiger charge is -2.11. The molecular weight excluding hydrogens is 148 g/mol. The summed E-state index contributed by atoms with van der Waals surface area (Å²) in [5, 5.41) is 3.09. The summed E-state index contributed by atoms with van der Waals surface area (Å²) in [6.07, 6.45) is 0. The van der Waals surface area contributed by atoms with Crippen LogP contribution in [0, 0.1) is 27.7 Å². The van der Waals surface area contributed by atoms with Crippen molar-refractivity contribution in [1.82, 2.24) is 4.98 Å². The van der Waals surface area contributed by atoms with Crippen LogP contribution < -0.4 is 5.32 Å². The van der Waals surface area contributed by atoms with Crippen LogP contribution in [0.2, 0.25) is 0 Å². The van der Waals surface area contributed by atoms with Crippen molar-refractivity contribution in [1.29, 1.82) is 0 Å². The first-order valence-electron chi connectivity index (χ1n) is 4.20. The van der Waals surface area contributed by atoms with Gasteiger partial charge in [-0.3, -0.25) is 0 Å². The molecule has 0 aliphatic rings. The third-order valence-electron chi connectivity index (χ3n) is 2.54. The summed E-state index contributed by atoms with van der Waals surface area (Å²) in [6.45, 7) is 8.40. The quantitative estimate of drug-likeness (QED) is 0.695. The van der Waals surface area contributed by atoms with E-state index >= 15 is 0 Å². The van der Waals surface area contributed by atoms with Crippen LogP contribution in [0.15, 0.2) is 0 Å². The van der Waals surface area contributed by atoms with Crippen LogP contribution in [0.1, 0.15) is 23.8 Å². The van der Waals surface area contributed by atoms with Crippen LogP contribution >= 0.6 is 0 Å². The standard InChI is InChI=1S/C10H16N2.H2/c1-6-7(2)9(4)12-10(11-5)8(6)3;/h1-5H3,(H,11,12);1H/i;1+1. The summed E-state index contributed by atoms with van der Waals surface area (Å²) in [5.41, 5.74) is 5.00. The second-order valence-corrected chi connectivity index (χ2v) is 3.17. The Morgan fingerprint density at radius 3 is 2.08 bits per heavy atom. The SMILES string of the molecule is CNc1nc(C)c(C)c(C)c1C.[2HH]. The largest absolute Gasteiger partial charge is 0.373 e. The molecular formula is C10H18N2. The predicted octanol–water partition coefficient (Wildman–Crippen LogP) is 2.60. The second-order valence-electron chi connectivity index (χ2n) is 3.17. The van der Waals surface area contributed by atoms with E-state index < -0.39 is 0 Å². The topological polar surface area (TPSA) is 24.9 Å². The molecule has 0 saturated heterocycles. The molecule has 1 rings (SSSR count). The van der Waals surface area contributed by atoms with Crippen LogP contribution in [0.4, 0.5) is 5.82 Å². The number of anilines is 1. The summed E-state index contributed by atoms with van der Waals surface area (Å²) >= 11 is 0. The van der Waals surface area contributed by atoms with Gasteiger partial charge in [0, 0.05) is 14.2 Å². The van der Waals surface area contributed by atoms with Crippen molar-refractivity contribution < 1.29 is 1.43 Å². The summed E-state index contributed by atoms with van der Waals surface area (Å²) in [7, 11) is 1.91. The number of pyridine rings is 1. The van der Waals surface area contributed by atoms with Gasteiger partial charge in [0.05, 0.1) is 0 Å². The highest BCUT2D eigenvalue weighted by Gasteiger charge is 2.06. The van der Waals surface area contributed by atoms with Gasteiger partial charge in [0.1, 0.15) is 5.82 Å². The van der Waals surface area contributed by atoms with E-state index in [1.165, 1.54) is 16.7 Å². The van der Waals surface area contributed by atoms with Crippen molar-refractivity contribution in [2.24, 2.45) is 0 Å². The zero-order chi connectivity index (χ0) is 9.30. The number of nitrogens with one attached hydrogen (secondary N) is 1. The minimum absolute atomic E-state index is 0. The first kappa shape index (κ1) is 9.04. The van der Waals surface area contributed by atoms with Crippen molar-refractivity contribution in [3.63, 3.8) is 0 Å². The molecule has 0 saturated carbocycles. The van der Waals surface area contributed by atoms with Crippen molar-refractivity contribution in [2.45, 2.75) is 27.7 Å². The number of rotatable bonds is 1. The number of nitrogens with zero attached hydrogens (tertiary/aromatic N) is 1. The number of aryl methyl sites for hydroxylation is 1.